The molecular formula is C102H81BN2. The van der Waals surface area contributed by atoms with Crippen molar-refractivity contribution in [3.63, 3.8) is 0 Å². The van der Waals surface area contributed by atoms with Crippen molar-refractivity contribution in [2.75, 3.05) is 0 Å². The minimum absolute atomic E-state index is 0.0754. The molecule has 22 rings (SSSR count). The summed E-state index contributed by atoms with van der Waals surface area (Å²) in [5, 5.41) is 5.26. The summed E-state index contributed by atoms with van der Waals surface area (Å²) in [6.45, 7) is 28.6. The summed E-state index contributed by atoms with van der Waals surface area (Å²) in [4.78, 5) is 0. The number of hydrogen-bond donors (Lipinski definition) is 0. The molecule has 0 amide bonds. The maximum atomic E-state index is 2.75. The zero-order chi connectivity index (χ0) is 71.1. The summed E-state index contributed by atoms with van der Waals surface area (Å²) in [7, 11) is 0. The molecule has 0 radical (unpaired) electrons. The third kappa shape index (κ3) is 7.71. The smallest absolute Gasteiger partial charge is 0.252 e. The minimum atomic E-state index is -0.622. The van der Waals surface area contributed by atoms with Gasteiger partial charge in [0.15, 0.2) is 0 Å². The fourth-order valence-electron chi connectivity index (χ4n) is 21.1. The zero-order valence-electron chi connectivity index (χ0n) is 62.0. The van der Waals surface area contributed by atoms with Gasteiger partial charge in [-0.15, -0.1) is 0 Å². The van der Waals surface area contributed by atoms with Gasteiger partial charge >= 0.3 is 0 Å². The molecule has 2 aromatic heterocycles. The molecule has 0 saturated heterocycles. The van der Waals surface area contributed by atoms with Gasteiger partial charge < -0.3 is 9.13 Å². The first-order valence-corrected chi connectivity index (χ1v) is 38.1. The van der Waals surface area contributed by atoms with Crippen molar-refractivity contribution in [3.05, 3.63) is 340 Å². The van der Waals surface area contributed by atoms with Crippen LogP contribution in [0.4, 0.5) is 0 Å². The Bertz CT molecular complexity index is 6120. The van der Waals surface area contributed by atoms with E-state index in [1.165, 1.54) is 216 Å². The Kier molecular flexibility index (Phi) is 11.9. The van der Waals surface area contributed by atoms with Crippen molar-refractivity contribution < 1.29 is 0 Å². The molecule has 3 heteroatoms. The molecule has 2 aliphatic heterocycles. The van der Waals surface area contributed by atoms with E-state index in [0.29, 0.717) is 0 Å². The van der Waals surface area contributed by atoms with Crippen LogP contribution in [0, 0.1) is 0 Å². The van der Waals surface area contributed by atoms with Crippen molar-refractivity contribution in [1.29, 1.82) is 0 Å². The van der Waals surface area contributed by atoms with E-state index in [1.54, 1.807) is 0 Å². The highest BCUT2D eigenvalue weighted by atomic mass is 15.0. The van der Waals surface area contributed by atoms with E-state index in [9.17, 15) is 0 Å². The SMILES string of the molecule is CC(C)(C)c1ccc2c(c1)c1cc(C(C)(C)C)cc3c1n2-c1cc(-c2c(-c4cccc5c4C4(c6ccccc6-c6ccccc64)c4ccccc4-5)cccc2-c2cccc4c2C2(c5ccccc5-c5ccccc52)c2ccccc2-4)cc2c1B3c1cc(C(C)(C)C)cc3c4cc(C(C)(C)C)ccc4n-2c13. The highest BCUT2D eigenvalue weighted by Gasteiger charge is 2.55. The van der Waals surface area contributed by atoms with E-state index in [-0.39, 0.29) is 28.4 Å². The van der Waals surface area contributed by atoms with Crippen LogP contribution < -0.4 is 16.4 Å². The highest BCUT2D eigenvalue weighted by molar-refractivity contribution is 7.00. The van der Waals surface area contributed by atoms with Crippen molar-refractivity contribution >= 4 is 66.7 Å². The lowest BCUT2D eigenvalue weighted by atomic mass is 9.33. The summed E-state index contributed by atoms with van der Waals surface area (Å²) in [5.41, 5.74) is 43.8. The molecule has 0 bridgehead atoms. The van der Waals surface area contributed by atoms with E-state index in [0.717, 1.165) is 0 Å². The average Bonchev–Trinajstić information content (AvgIpc) is 1.52. The van der Waals surface area contributed by atoms with Crippen molar-refractivity contribution in [2.24, 2.45) is 0 Å². The maximum Gasteiger partial charge on any atom is 0.252 e. The first-order chi connectivity index (χ1) is 50.6. The molecule has 4 aliphatic carbocycles. The lowest BCUT2D eigenvalue weighted by Gasteiger charge is -2.36. The number of rotatable bonds is 3. The Balaban J connectivity index is 0.942. The first kappa shape index (κ1) is 61.2. The average molecular weight is 1350 g/mol. The Morgan fingerprint density at radius 1 is 0.257 bits per heavy atom. The standard InChI is InChI=1S/C102H81BN2/c1-97(2,3)59-46-48-87-75(52-59)77-54-61(99(7,8)9)56-85-95(77)104(87)89-50-58(51-90-94(89)103(85)86-57-62(100(10,11)12)55-78-76-53-60(98(4,5)6)47-49-88(76)105(90)96(78)86)91-69(73-38-26-36-71-67-32-17-23-44-83(67)101(92(71)73)79-40-19-13-28-63(79)64-29-14-20-41-80(64)101)34-25-35-70(91)74-39-27-37-72-68-33-18-24-45-84(68)102(93(72)74)81-42-21-15-30-65(81)66-31-16-22-43-82(66)102/h13-57H,1-12H3. The van der Waals surface area contributed by atoms with Crippen LogP contribution in [0.15, 0.2) is 273 Å². The number of hydrogen-bond acceptors (Lipinski definition) is 0. The molecule has 0 saturated carbocycles. The molecule has 502 valence electrons. The summed E-state index contributed by atoms with van der Waals surface area (Å²) >= 11 is 0. The maximum absolute atomic E-state index is 2.75. The normalized spacial score (nSPS) is 14.8. The molecular weight excluding hydrogens is 1260 g/mol. The highest BCUT2D eigenvalue weighted by Crippen LogP contribution is 2.68. The second kappa shape index (κ2) is 20.4. The van der Waals surface area contributed by atoms with Gasteiger partial charge in [-0.25, -0.2) is 0 Å². The topological polar surface area (TPSA) is 9.86 Å². The molecule has 0 atom stereocenters. The van der Waals surface area contributed by atoms with E-state index in [1.807, 2.05) is 0 Å². The van der Waals surface area contributed by atoms with Crippen LogP contribution in [0.1, 0.15) is 150 Å². The molecule has 105 heavy (non-hydrogen) atoms. The molecule has 0 N–H and O–H groups in total. The molecule has 2 spiro atoms. The van der Waals surface area contributed by atoms with E-state index in [4.69, 9.17) is 0 Å². The Morgan fingerprint density at radius 2 is 0.533 bits per heavy atom. The first-order valence-electron chi connectivity index (χ1n) is 38.1. The fourth-order valence-corrected chi connectivity index (χ4v) is 21.1. The number of aromatic nitrogens is 2. The number of fused-ring (bicyclic) bond motifs is 30. The molecule has 14 aromatic carbocycles. The van der Waals surface area contributed by atoms with Crippen LogP contribution in [-0.4, -0.2) is 15.8 Å². The summed E-state index contributed by atoms with van der Waals surface area (Å²) in [6.07, 6.45) is 0. The lowest BCUT2D eigenvalue weighted by molar-refractivity contribution is 0.590. The van der Waals surface area contributed by atoms with Gasteiger partial charge in [0.1, 0.15) is 0 Å². The molecule has 16 aromatic rings. The fraction of sp³-hybridized carbons (Fsp3) is 0.176. The van der Waals surface area contributed by atoms with Crippen LogP contribution in [-0.2, 0) is 32.5 Å². The summed E-state index contributed by atoms with van der Waals surface area (Å²) in [5.74, 6) is 0. The van der Waals surface area contributed by atoms with Crippen LogP contribution in [0.3, 0.4) is 0 Å². The van der Waals surface area contributed by atoms with Gasteiger partial charge in [-0.2, -0.15) is 0 Å². The zero-order valence-corrected chi connectivity index (χ0v) is 62.0. The van der Waals surface area contributed by atoms with Gasteiger partial charge in [-0.3, -0.25) is 0 Å². The van der Waals surface area contributed by atoms with E-state index < -0.39 is 10.8 Å². The van der Waals surface area contributed by atoms with Gasteiger partial charge in [0.05, 0.1) is 21.9 Å². The van der Waals surface area contributed by atoms with Gasteiger partial charge in [0.2, 0.25) is 0 Å². The lowest BCUT2D eigenvalue weighted by Crippen LogP contribution is -2.59. The van der Waals surface area contributed by atoms with E-state index >= 15 is 0 Å². The quantitative estimate of drug-likeness (QED) is 0.156. The summed E-state index contributed by atoms with van der Waals surface area (Å²) in [6, 6.07) is 109. The van der Waals surface area contributed by atoms with Crippen molar-refractivity contribution in [1.82, 2.24) is 9.13 Å². The van der Waals surface area contributed by atoms with Gasteiger partial charge in [-0.05, 0) is 231 Å². The third-order valence-corrected chi connectivity index (χ3v) is 25.7. The van der Waals surface area contributed by atoms with Crippen molar-refractivity contribution in [3.8, 4) is 89.3 Å². The Hall–Kier alpha value is -11.3. The minimum Gasteiger partial charge on any atom is -0.310 e. The van der Waals surface area contributed by atoms with Crippen LogP contribution in [0.25, 0.3) is 133 Å². The molecule has 0 fully saturated rings. The number of benzene rings is 14. The largest absolute Gasteiger partial charge is 0.310 e. The molecule has 0 unspecified atom stereocenters. The van der Waals surface area contributed by atoms with E-state index in [2.05, 4.69) is 365 Å². The van der Waals surface area contributed by atoms with Gasteiger partial charge in [0.25, 0.3) is 6.71 Å². The number of nitrogens with zero attached hydrogens (tertiary/aromatic N) is 2. The Morgan fingerprint density at radius 3 is 0.857 bits per heavy atom. The summed E-state index contributed by atoms with van der Waals surface area (Å²) < 4.78 is 5.49. The van der Waals surface area contributed by atoms with Crippen molar-refractivity contribution in [2.45, 2.75) is 116 Å². The molecule has 2 nitrogen and oxygen atoms in total. The van der Waals surface area contributed by atoms with Gasteiger partial charge in [-0.1, -0.05) is 308 Å². The predicted molar refractivity (Wildman–Crippen MR) is 443 cm³/mol. The second-order valence-electron chi connectivity index (χ2n) is 35.4. The van der Waals surface area contributed by atoms with Crippen LogP contribution >= 0.6 is 0 Å². The second-order valence-corrected chi connectivity index (χ2v) is 35.4. The molecule has 4 heterocycles. The van der Waals surface area contributed by atoms with Crippen LogP contribution in [0.5, 0.6) is 0 Å². The predicted octanol–water partition coefficient (Wildman–Crippen LogP) is 23.9. The Labute approximate surface area is 616 Å². The van der Waals surface area contributed by atoms with Gasteiger partial charge in [0, 0.05) is 44.0 Å². The monoisotopic (exact) mass is 1340 g/mol. The van der Waals surface area contributed by atoms with Crippen LogP contribution in [0.2, 0.25) is 0 Å². The third-order valence-electron chi connectivity index (χ3n) is 25.7. The molecule has 6 aliphatic rings.